The van der Waals surface area contributed by atoms with Crippen molar-refractivity contribution in [1.29, 1.82) is 0 Å². The van der Waals surface area contributed by atoms with Crippen molar-refractivity contribution in [3.05, 3.63) is 114 Å². The van der Waals surface area contributed by atoms with E-state index in [1.54, 1.807) is 0 Å². The fourth-order valence-electron chi connectivity index (χ4n) is 4.73. The van der Waals surface area contributed by atoms with E-state index in [2.05, 4.69) is 112 Å². The van der Waals surface area contributed by atoms with Crippen LogP contribution in [0.25, 0.3) is 39.6 Å². The summed E-state index contributed by atoms with van der Waals surface area (Å²) in [5.41, 5.74) is 9.38. The summed E-state index contributed by atoms with van der Waals surface area (Å²) in [5.74, 6) is 1.69. The molecular weight excluding hydrogens is 426 g/mol. The van der Waals surface area contributed by atoms with E-state index >= 15 is 0 Å². The van der Waals surface area contributed by atoms with Gasteiger partial charge < -0.3 is 0 Å². The molecule has 3 nitrogen and oxygen atoms in total. The van der Waals surface area contributed by atoms with Crippen LogP contribution in [0.4, 0.5) is 0 Å². The molecule has 0 amide bonds. The van der Waals surface area contributed by atoms with Crippen molar-refractivity contribution in [3.8, 4) is 39.6 Å². The highest BCUT2D eigenvalue weighted by Crippen LogP contribution is 2.37. The Balaban J connectivity index is 1.81. The Kier molecular flexibility index (Phi) is 5.86. The zero-order valence-electron chi connectivity index (χ0n) is 21.1. The van der Waals surface area contributed by atoms with Crippen LogP contribution in [0.2, 0.25) is 0 Å². The van der Waals surface area contributed by atoms with E-state index in [1.807, 2.05) is 24.3 Å². The van der Waals surface area contributed by atoms with Gasteiger partial charge in [-0.25, -0.2) is 0 Å². The highest BCUT2D eigenvalue weighted by atomic mass is 15.3. The van der Waals surface area contributed by atoms with Crippen LogP contribution in [0, 0.1) is 13.8 Å². The van der Waals surface area contributed by atoms with Gasteiger partial charge in [0.15, 0.2) is 11.6 Å². The maximum absolute atomic E-state index is 4.79. The molecule has 0 aliphatic carbocycles. The van der Waals surface area contributed by atoms with Crippen molar-refractivity contribution >= 4 is 0 Å². The quantitative estimate of drug-likeness (QED) is 0.272. The molecule has 1 aromatic heterocycles. The minimum absolute atomic E-state index is 0.0756. The SMILES string of the molecule is Cc1cc(C(C)(C)C)cc(C)c1-n1c(-c2ccccc2)nnc1-c1ccccc1-c1ccccc1. The molecule has 3 heteroatoms. The van der Waals surface area contributed by atoms with E-state index in [0.717, 1.165) is 39.6 Å². The summed E-state index contributed by atoms with van der Waals surface area (Å²) in [4.78, 5) is 0. The fraction of sp³-hybridized carbons (Fsp3) is 0.188. The maximum Gasteiger partial charge on any atom is 0.169 e. The monoisotopic (exact) mass is 457 g/mol. The van der Waals surface area contributed by atoms with Gasteiger partial charge in [-0.15, -0.1) is 10.2 Å². The third-order valence-corrected chi connectivity index (χ3v) is 6.53. The Morgan fingerprint density at radius 1 is 0.571 bits per heavy atom. The van der Waals surface area contributed by atoms with Crippen LogP contribution in [-0.2, 0) is 5.41 Å². The van der Waals surface area contributed by atoms with Crippen molar-refractivity contribution in [3.63, 3.8) is 0 Å². The molecule has 0 fully saturated rings. The summed E-state index contributed by atoms with van der Waals surface area (Å²) >= 11 is 0. The van der Waals surface area contributed by atoms with Crippen molar-refractivity contribution in [2.45, 2.75) is 40.0 Å². The van der Waals surface area contributed by atoms with Gasteiger partial charge >= 0.3 is 0 Å². The second-order valence-electron chi connectivity index (χ2n) is 10.2. The molecule has 1 heterocycles. The molecule has 0 unspecified atom stereocenters. The first-order valence-electron chi connectivity index (χ1n) is 12.1. The molecule has 0 atom stereocenters. The van der Waals surface area contributed by atoms with E-state index < -0.39 is 0 Å². The van der Waals surface area contributed by atoms with Crippen LogP contribution in [0.5, 0.6) is 0 Å². The molecule has 174 valence electrons. The van der Waals surface area contributed by atoms with Gasteiger partial charge in [0.25, 0.3) is 0 Å². The first kappa shape index (κ1) is 22.8. The molecule has 0 saturated heterocycles. The second kappa shape index (κ2) is 8.99. The van der Waals surface area contributed by atoms with Gasteiger partial charge in [0.1, 0.15) is 0 Å². The van der Waals surface area contributed by atoms with Gasteiger partial charge in [0.05, 0.1) is 5.69 Å². The lowest BCUT2D eigenvalue weighted by atomic mass is 9.84. The number of hydrogen-bond acceptors (Lipinski definition) is 2. The average Bonchev–Trinajstić information content (AvgIpc) is 3.28. The number of hydrogen-bond donors (Lipinski definition) is 0. The van der Waals surface area contributed by atoms with E-state index in [9.17, 15) is 0 Å². The number of aryl methyl sites for hydroxylation is 2. The van der Waals surface area contributed by atoms with Gasteiger partial charge in [-0.05, 0) is 47.1 Å². The molecule has 0 N–H and O–H groups in total. The van der Waals surface area contributed by atoms with Crippen LogP contribution in [0.1, 0.15) is 37.5 Å². The Morgan fingerprint density at radius 3 is 1.63 bits per heavy atom. The lowest BCUT2D eigenvalue weighted by Gasteiger charge is -2.24. The number of aromatic nitrogens is 3. The largest absolute Gasteiger partial charge is 0.274 e. The summed E-state index contributed by atoms with van der Waals surface area (Å²) in [7, 11) is 0. The molecule has 0 spiro atoms. The van der Waals surface area contributed by atoms with Gasteiger partial charge in [-0.1, -0.05) is 118 Å². The summed E-state index contributed by atoms with van der Waals surface area (Å²) < 4.78 is 2.24. The van der Waals surface area contributed by atoms with Crippen LogP contribution < -0.4 is 0 Å². The summed E-state index contributed by atoms with van der Waals surface area (Å²) in [5, 5.41) is 9.53. The van der Waals surface area contributed by atoms with Crippen LogP contribution in [-0.4, -0.2) is 14.8 Å². The first-order valence-corrected chi connectivity index (χ1v) is 12.1. The molecule has 5 aromatic rings. The summed E-state index contributed by atoms with van der Waals surface area (Å²) in [6.07, 6.45) is 0. The number of benzene rings is 4. The highest BCUT2D eigenvalue weighted by Gasteiger charge is 2.24. The molecule has 0 aliphatic heterocycles. The molecular formula is C32H31N3. The lowest BCUT2D eigenvalue weighted by Crippen LogP contribution is -2.13. The minimum atomic E-state index is 0.0756. The van der Waals surface area contributed by atoms with Crippen molar-refractivity contribution in [2.24, 2.45) is 0 Å². The normalized spacial score (nSPS) is 11.6. The van der Waals surface area contributed by atoms with Crippen molar-refractivity contribution in [1.82, 2.24) is 14.8 Å². The maximum atomic E-state index is 4.79. The lowest BCUT2D eigenvalue weighted by molar-refractivity contribution is 0.589. The molecule has 0 saturated carbocycles. The van der Waals surface area contributed by atoms with Crippen LogP contribution in [0.3, 0.4) is 0 Å². The Hall–Kier alpha value is -3.98. The molecule has 4 aromatic carbocycles. The highest BCUT2D eigenvalue weighted by molar-refractivity contribution is 5.82. The van der Waals surface area contributed by atoms with E-state index in [4.69, 9.17) is 10.2 Å². The van der Waals surface area contributed by atoms with Gasteiger partial charge in [0, 0.05) is 11.1 Å². The Morgan fingerprint density at radius 2 is 1.06 bits per heavy atom. The third-order valence-electron chi connectivity index (χ3n) is 6.53. The predicted molar refractivity (Wildman–Crippen MR) is 146 cm³/mol. The fourth-order valence-corrected chi connectivity index (χ4v) is 4.73. The van der Waals surface area contributed by atoms with E-state index in [1.165, 1.54) is 16.7 Å². The molecule has 0 radical (unpaired) electrons. The smallest absolute Gasteiger partial charge is 0.169 e. The van der Waals surface area contributed by atoms with E-state index in [0.29, 0.717) is 0 Å². The summed E-state index contributed by atoms with van der Waals surface area (Å²) in [6, 6.07) is 33.9. The zero-order chi connectivity index (χ0) is 24.6. The topological polar surface area (TPSA) is 30.7 Å². The Bertz CT molecular complexity index is 1450. The minimum Gasteiger partial charge on any atom is -0.274 e. The standard InChI is InChI=1S/C32H31N3/c1-22-20-26(32(3,4)5)21-23(2)29(22)35-30(25-16-10-7-11-17-25)33-34-31(35)28-19-13-12-18-27(28)24-14-8-6-9-15-24/h6-21H,1-5H3. The molecule has 35 heavy (non-hydrogen) atoms. The Labute approximate surface area is 208 Å². The van der Waals surface area contributed by atoms with Crippen molar-refractivity contribution in [2.75, 3.05) is 0 Å². The molecule has 5 rings (SSSR count). The van der Waals surface area contributed by atoms with Crippen LogP contribution in [0.15, 0.2) is 97.1 Å². The van der Waals surface area contributed by atoms with E-state index in [-0.39, 0.29) is 5.41 Å². The van der Waals surface area contributed by atoms with Gasteiger partial charge in [-0.3, -0.25) is 4.57 Å². The third kappa shape index (κ3) is 4.30. The number of rotatable bonds is 4. The average molecular weight is 458 g/mol. The van der Waals surface area contributed by atoms with Gasteiger partial charge in [-0.2, -0.15) is 0 Å². The summed E-state index contributed by atoms with van der Waals surface area (Å²) in [6.45, 7) is 11.2. The molecule has 0 bridgehead atoms. The van der Waals surface area contributed by atoms with Gasteiger partial charge in [0.2, 0.25) is 0 Å². The first-order chi connectivity index (χ1) is 16.8. The second-order valence-corrected chi connectivity index (χ2v) is 10.2. The van der Waals surface area contributed by atoms with Crippen LogP contribution >= 0.6 is 0 Å². The predicted octanol–water partition coefficient (Wildman–Crippen LogP) is 8.18. The number of nitrogens with zero attached hydrogens (tertiary/aromatic N) is 3. The molecule has 0 aliphatic rings. The van der Waals surface area contributed by atoms with Crippen molar-refractivity contribution < 1.29 is 0 Å². The zero-order valence-corrected chi connectivity index (χ0v) is 21.1.